The normalized spacial score (nSPS) is 11.5. The van der Waals surface area contributed by atoms with Crippen molar-refractivity contribution in [3.63, 3.8) is 0 Å². The van der Waals surface area contributed by atoms with E-state index in [0.29, 0.717) is 6.54 Å². The van der Waals surface area contributed by atoms with Gasteiger partial charge in [-0.05, 0) is 48.4 Å². The van der Waals surface area contributed by atoms with E-state index >= 15 is 0 Å². The molecule has 0 fully saturated rings. The van der Waals surface area contributed by atoms with Crippen molar-refractivity contribution < 1.29 is 9.15 Å². The van der Waals surface area contributed by atoms with Gasteiger partial charge in [0.05, 0.1) is 19.9 Å². The molecule has 0 atom stereocenters. The van der Waals surface area contributed by atoms with E-state index in [4.69, 9.17) is 9.15 Å². The summed E-state index contributed by atoms with van der Waals surface area (Å²) < 4.78 is 10.9. The summed E-state index contributed by atoms with van der Waals surface area (Å²) in [6.07, 6.45) is 2.58. The monoisotopic (exact) mass is 420 g/mol. The molecule has 0 aliphatic carbocycles. The molecule has 6 heteroatoms. The van der Waals surface area contributed by atoms with E-state index in [9.17, 15) is 0 Å². The molecule has 0 amide bonds. The molecule has 1 aromatic heterocycles. The molecule has 0 bridgehead atoms. The number of methoxy groups -OCH3 is 1. The molecule has 0 radical (unpaired) electrons. The van der Waals surface area contributed by atoms with Crippen molar-refractivity contribution in [1.82, 2.24) is 15.5 Å². The van der Waals surface area contributed by atoms with Crippen LogP contribution in [0.25, 0.3) is 0 Å². The van der Waals surface area contributed by atoms with Crippen LogP contribution < -0.4 is 15.4 Å². The van der Waals surface area contributed by atoms with Crippen molar-refractivity contribution in [3.8, 4) is 5.75 Å². The van der Waals surface area contributed by atoms with Crippen molar-refractivity contribution in [2.24, 2.45) is 4.99 Å². The van der Waals surface area contributed by atoms with E-state index in [2.05, 4.69) is 57.9 Å². The highest BCUT2D eigenvalue weighted by atomic mass is 16.5. The van der Waals surface area contributed by atoms with Gasteiger partial charge in [0.15, 0.2) is 5.96 Å². The molecule has 3 aromatic rings. The minimum atomic E-state index is 0.707. The molecule has 2 aromatic carbocycles. The zero-order valence-electron chi connectivity index (χ0n) is 18.6. The third kappa shape index (κ3) is 6.89. The fraction of sp³-hybridized carbons (Fsp3) is 0.320. The fourth-order valence-corrected chi connectivity index (χ4v) is 3.52. The molecule has 0 saturated heterocycles. The lowest BCUT2D eigenvalue weighted by Gasteiger charge is -2.19. The number of guanidine groups is 1. The van der Waals surface area contributed by atoms with Crippen LogP contribution in [0.1, 0.15) is 22.5 Å². The van der Waals surface area contributed by atoms with E-state index in [1.807, 2.05) is 30.3 Å². The Kier molecular flexibility index (Phi) is 8.55. The van der Waals surface area contributed by atoms with Crippen LogP contribution in [0.5, 0.6) is 5.75 Å². The van der Waals surface area contributed by atoms with E-state index in [-0.39, 0.29) is 0 Å². The van der Waals surface area contributed by atoms with Gasteiger partial charge in [0.1, 0.15) is 11.5 Å². The second kappa shape index (κ2) is 11.8. The van der Waals surface area contributed by atoms with Gasteiger partial charge in [0.2, 0.25) is 0 Å². The van der Waals surface area contributed by atoms with Gasteiger partial charge in [-0.3, -0.25) is 9.89 Å². The van der Waals surface area contributed by atoms with Crippen LogP contribution in [-0.4, -0.2) is 38.6 Å². The highest BCUT2D eigenvalue weighted by molar-refractivity contribution is 5.79. The summed E-state index contributed by atoms with van der Waals surface area (Å²) in [6.45, 7) is 3.10. The second-order valence-corrected chi connectivity index (χ2v) is 7.43. The SMILES string of the molecule is CN=C(NCCc1ccccc1OC)NCc1ccccc1CN(C)Cc1ccco1. The Balaban J connectivity index is 1.51. The van der Waals surface area contributed by atoms with E-state index < -0.39 is 0 Å². The number of rotatable bonds is 10. The van der Waals surface area contributed by atoms with Gasteiger partial charge in [-0.2, -0.15) is 0 Å². The maximum atomic E-state index is 5.46. The van der Waals surface area contributed by atoms with Gasteiger partial charge in [0, 0.05) is 26.7 Å². The number of hydrogen-bond donors (Lipinski definition) is 2. The molecular weight excluding hydrogens is 388 g/mol. The number of ether oxygens (including phenoxy) is 1. The molecular formula is C25H32N4O2. The average Bonchev–Trinajstić information content (AvgIpc) is 3.30. The highest BCUT2D eigenvalue weighted by Gasteiger charge is 2.08. The standard InChI is InChI=1S/C25H32N4O2/c1-26-25(27-15-14-20-9-6-7-13-24(20)30-3)28-17-21-10-4-5-11-22(21)18-29(2)19-23-12-8-16-31-23/h4-13,16H,14-15,17-19H2,1-3H3,(H2,26,27,28). The second-order valence-electron chi connectivity index (χ2n) is 7.43. The molecule has 0 unspecified atom stereocenters. The zero-order valence-corrected chi connectivity index (χ0v) is 18.6. The van der Waals surface area contributed by atoms with Crippen molar-refractivity contribution in [1.29, 1.82) is 0 Å². The number of furan rings is 1. The van der Waals surface area contributed by atoms with E-state index in [1.165, 1.54) is 16.7 Å². The van der Waals surface area contributed by atoms with Gasteiger partial charge >= 0.3 is 0 Å². The van der Waals surface area contributed by atoms with Crippen LogP contribution in [0.15, 0.2) is 76.3 Å². The Hall–Kier alpha value is -3.25. The number of nitrogens with one attached hydrogen (secondary N) is 2. The van der Waals surface area contributed by atoms with Gasteiger partial charge in [-0.15, -0.1) is 0 Å². The summed E-state index contributed by atoms with van der Waals surface area (Å²) in [5.74, 6) is 2.67. The van der Waals surface area contributed by atoms with Crippen LogP contribution in [0.3, 0.4) is 0 Å². The summed E-state index contributed by atoms with van der Waals surface area (Å²) in [5.41, 5.74) is 3.72. The molecule has 1 heterocycles. The number of nitrogens with zero attached hydrogens (tertiary/aromatic N) is 2. The van der Waals surface area contributed by atoms with Crippen LogP contribution in [0.2, 0.25) is 0 Å². The van der Waals surface area contributed by atoms with Gasteiger partial charge < -0.3 is 19.8 Å². The number of benzene rings is 2. The Labute approximate surface area is 184 Å². The van der Waals surface area contributed by atoms with Gasteiger partial charge in [-0.25, -0.2) is 0 Å². The maximum Gasteiger partial charge on any atom is 0.191 e. The lowest BCUT2D eigenvalue weighted by molar-refractivity contribution is 0.287. The number of aliphatic imine (C=N–C) groups is 1. The summed E-state index contributed by atoms with van der Waals surface area (Å²) in [5, 5.41) is 6.82. The van der Waals surface area contributed by atoms with Crippen LogP contribution in [0.4, 0.5) is 0 Å². The minimum absolute atomic E-state index is 0.707. The first-order valence-corrected chi connectivity index (χ1v) is 10.5. The lowest BCUT2D eigenvalue weighted by atomic mass is 10.1. The topological polar surface area (TPSA) is 62.0 Å². The third-order valence-electron chi connectivity index (χ3n) is 5.11. The molecule has 164 valence electrons. The van der Waals surface area contributed by atoms with Crippen LogP contribution >= 0.6 is 0 Å². The average molecular weight is 421 g/mol. The first-order chi connectivity index (χ1) is 15.2. The summed E-state index contributed by atoms with van der Waals surface area (Å²) in [6, 6.07) is 20.5. The van der Waals surface area contributed by atoms with Gasteiger partial charge in [-0.1, -0.05) is 42.5 Å². The highest BCUT2D eigenvalue weighted by Crippen LogP contribution is 2.17. The van der Waals surface area contributed by atoms with E-state index in [0.717, 1.165) is 43.5 Å². The van der Waals surface area contributed by atoms with Crippen LogP contribution in [0, 0.1) is 0 Å². The largest absolute Gasteiger partial charge is 0.496 e. The molecule has 0 saturated carbocycles. The molecule has 0 spiro atoms. The third-order valence-corrected chi connectivity index (χ3v) is 5.11. The van der Waals surface area contributed by atoms with Crippen molar-refractivity contribution in [2.45, 2.75) is 26.1 Å². The summed E-state index contributed by atoms with van der Waals surface area (Å²) >= 11 is 0. The Morgan fingerprint density at radius 1 is 0.935 bits per heavy atom. The quantitative estimate of drug-likeness (QED) is 0.386. The smallest absolute Gasteiger partial charge is 0.191 e. The lowest BCUT2D eigenvalue weighted by Crippen LogP contribution is -2.38. The summed E-state index contributed by atoms with van der Waals surface area (Å²) in [7, 11) is 5.60. The molecule has 0 aliphatic heterocycles. The Bertz CT molecular complexity index is 954. The maximum absolute atomic E-state index is 5.46. The van der Waals surface area contributed by atoms with Crippen molar-refractivity contribution in [3.05, 3.63) is 89.4 Å². The molecule has 0 aliphatic rings. The molecule has 6 nitrogen and oxygen atoms in total. The van der Waals surface area contributed by atoms with Crippen molar-refractivity contribution in [2.75, 3.05) is 27.7 Å². The predicted octanol–water partition coefficient (Wildman–Crippen LogP) is 3.83. The number of para-hydroxylation sites is 1. The van der Waals surface area contributed by atoms with Crippen molar-refractivity contribution >= 4 is 5.96 Å². The molecule has 3 rings (SSSR count). The van der Waals surface area contributed by atoms with Crippen LogP contribution in [-0.2, 0) is 26.1 Å². The van der Waals surface area contributed by atoms with E-state index in [1.54, 1.807) is 20.4 Å². The Morgan fingerprint density at radius 2 is 1.68 bits per heavy atom. The number of hydrogen-bond acceptors (Lipinski definition) is 4. The molecule has 31 heavy (non-hydrogen) atoms. The predicted molar refractivity (Wildman–Crippen MR) is 125 cm³/mol. The zero-order chi connectivity index (χ0) is 21.9. The summed E-state index contributed by atoms with van der Waals surface area (Å²) in [4.78, 5) is 6.61. The molecule has 2 N–H and O–H groups in total. The first-order valence-electron chi connectivity index (χ1n) is 10.5. The fourth-order valence-electron chi connectivity index (χ4n) is 3.52. The minimum Gasteiger partial charge on any atom is -0.496 e. The first kappa shape index (κ1) is 22.4. The Morgan fingerprint density at radius 3 is 2.39 bits per heavy atom. The van der Waals surface area contributed by atoms with Gasteiger partial charge in [0.25, 0.3) is 0 Å².